The van der Waals surface area contributed by atoms with Crippen LogP contribution in [-0.4, -0.2) is 51.2 Å². The SMILES string of the molecule is COCCCC1=NCC[SH]1c1cnc(-c2ccccc2)nc1Nc1cc(C2CC2)[nH]n1. The molecule has 1 aliphatic carbocycles. The summed E-state index contributed by atoms with van der Waals surface area (Å²) in [6.07, 6.45) is 6.43. The Kier molecular flexibility index (Phi) is 5.99. The number of hydrogen-bond donors (Lipinski definition) is 3. The molecule has 1 aromatic carbocycles. The number of methoxy groups -OCH3 is 1. The highest BCUT2D eigenvalue weighted by molar-refractivity contribution is 8.30. The van der Waals surface area contributed by atoms with Crippen LogP contribution in [0.25, 0.3) is 11.4 Å². The van der Waals surface area contributed by atoms with Crippen molar-refractivity contribution in [2.24, 2.45) is 4.99 Å². The van der Waals surface area contributed by atoms with Gasteiger partial charge in [-0.15, -0.1) is 0 Å². The number of H-pyrrole nitrogens is 1. The van der Waals surface area contributed by atoms with Crippen LogP contribution in [-0.2, 0) is 4.74 Å². The van der Waals surface area contributed by atoms with E-state index in [1.54, 1.807) is 7.11 Å². The van der Waals surface area contributed by atoms with E-state index < -0.39 is 10.9 Å². The zero-order valence-corrected chi connectivity index (χ0v) is 18.6. The van der Waals surface area contributed by atoms with Crippen LogP contribution in [0.5, 0.6) is 0 Å². The fourth-order valence-corrected chi connectivity index (χ4v) is 6.19. The summed E-state index contributed by atoms with van der Waals surface area (Å²) in [5.41, 5.74) is 2.21. The predicted molar refractivity (Wildman–Crippen MR) is 127 cm³/mol. The highest BCUT2D eigenvalue weighted by atomic mass is 32.2. The number of nitrogens with one attached hydrogen (secondary N) is 2. The molecule has 3 heterocycles. The van der Waals surface area contributed by atoms with Gasteiger partial charge in [0.15, 0.2) is 11.6 Å². The van der Waals surface area contributed by atoms with Gasteiger partial charge < -0.3 is 10.1 Å². The lowest BCUT2D eigenvalue weighted by molar-refractivity contribution is 0.197. The van der Waals surface area contributed by atoms with Crippen LogP contribution in [0.15, 0.2) is 52.5 Å². The standard InChI is InChI=1S/C23H28N6OS/c1-30-12-5-8-21-24-11-13-31(21)19-15-25-22(17-6-3-2-4-7-17)27-23(19)26-20-14-18(28-29-20)16-9-10-16/h2-4,6-7,14-16,31H,5,8-13H2,1H3,(H2,25,26,27,28,29). The van der Waals surface area contributed by atoms with Crippen LogP contribution in [0.3, 0.4) is 0 Å². The van der Waals surface area contributed by atoms with E-state index >= 15 is 0 Å². The average Bonchev–Trinajstić information content (AvgIpc) is 3.38. The molecule has 0 amide bonds. The summed E-state index contributed by atoms with van der Waals surface area (Å²) < 4.78 is 5.24. The van der Waals surface area contributed by atoms with Crippen LogP contribution in [0.4, 0.5) is 11.6 Å². The van der Waals surface area contributed by atoms with Crippen LogP contribution < -0.4 is 5.32 Å². The first kappa shape index (κ1) is 20.2. The van der Waals surface area contributed by atoms with Crippen molar-refractivity contribution in [1.29, 1.82) is 0 Å². The minimum absolute atomic E-state index is 0.543. The van der Waals surface area contributed by atoms with E-state index in [4.69, 9.17) is 19.7 Å². The fourth-order valence-electron chi connectivity index (χ4n) is 3.86. The molecule has 1 aliphatic heterocycles. The van der Waals surface area contributed by atoms with Crippen molar-refractivity contribution < 1.29 is 4.74 Å². The van der Waals surface area contributed by atoms with Crippen molar-refractivity contribution in [3.63, 3.8) is 0 Å². The van der Waals surface area contributed by atoms with Crippen molar-refractivity contribution >= 4 is 27.6 Å². The number of rotatable bonds is 9. The zero-order chi connectivity index (χ0) is 21.0. The molecule has 162 valence electrons. The molecule has 1 saturated carbocycles. The van der Waals surface area contributed by atoms with Crippen LogP contribution in [0.2, 0.25) is 0 Å². The average molecular weight is 437 g/mol. The van der Waals surface area contributed by atoms with E-state index in [0.717, 1.165) is 59.7 Å². The van der Waals surface area contributed by atoms with E-state index in [2.05, 4.69) is 21.6 Å². The minimum atomic E-state index is -0.543. The van der Waals surface area contributed by atoms with E-state index in [1.165, 1.54) is 23.6 Å². The molecule has 1 fully saturated rings. The number of benzene rings is 1. The van der Waals surface area contributed by atoms with Gasteiger partial charge in [-0.05, 0) is 25.7 Å². The molecule has 8 heteroatoms. The van der Waals surface area contributed by atoms with Gasteiger partial charge in [0.05, 0.1) is 9.94 Å². The molecule has 0 spiro atoms. The molecule has 2 aromatic heterocycles. The Morgan fingerprint density at radius 3 is 2.90 bits per heavy atom. The van der Waals surface area contributed by atoms with Crippen LogP contribution >= 0.6 is 10.9 Å². The third-order valence-electron chi connectivity index (χ3n) is 5.63. The monoisotopic (exact) mass is 436 g/mol. The summed E-state index contributed by atoms with van der Waals surface area (Å²) in [4.78, 5) is 15.6. The van der Waals surface area contributed by atoms with Crippen molar-refractivity contribution in [3.8, 4) is 11.4 Å². The molecular formula is C23H28N6OS. The quantitative estimate of drug-likeness (QED) is 0.335. The summed E-state index contributed by atoms with van der Waals surface area (Å²) in [5.74, 6) is 4.06. The molecule has 0 bridgehead atoms. The number of aliphatic imine (C=N–C) groups is 1. The molecule has 5 rings (SSSR count). The fraction of sp³-hybridized carbons (Fsp3) is 0.391. The number of anilines is 2. The first-order valence-electron chi connectivity index (χ1n) is 10.9. The molecule has 0 saturated heterocycles. The van der Waals surface area contributed by atoms with Gasteiger partial charge in [-0.1, -0.05) is 30.3 Å². The smallest absolute Gasteiger partial charge is 0.161 e. The second-order valence-electron chi connectivity index (χ2n) is 7.95. The van der Waals surface area contributed by atoms with E-state index in [0.29, 0.717) is 5.92 Å². The zero-order valence-electron chi connectivity index (χ0n) is 17.7. The van der Waals surface area contributed by atoms with E-state index in [1.807, 2.05) is 36.5 Å². The summed E-state index contributed by atoms with van der Waals surface area (Å²) in [7, 11) is 1.20. The second kappa shape index (κ2) is 9.20. The maximum atomic E-state index is 5.24. The molecular weight excluding hydrogens is 408 g/mol. The maximum Gasteiger partial charge on any atom is 0.161 e. The van der Waals surface area contributed by atoms with E-state index in [-0.39, 0.29) is 0 Å². The predicted octanol–water partition coefficient (Wildman–Crippen LogP) is 4.69. The minimum Gasteiger partial charge on any atom is -0.385 e. The Labute approximate surface area is 185 Å². The molecule has 7 nitrogen and oxygen atoms in total. The van der Waals surface area contributed by atoms with Crippen molar-refractivity contribution in [2.75, 3.05) is 31.3 Å². The first-order valence-corrected chi connectivity index (χ1v) is 12.4. The van der Waals surface area contributed by atoms with E-state index in [9.17, 15) is 0 Å². The van der Waals surface area contributed by atoms with Crippen molar-refractivity contribution in [2.45, 2.75) is 36.5 Å². The van der Waals surface area contributed by atoms with Gasteiger partial charge in [0.25, 0.3) is 0 Å². The third-order valence-corrected chi connectivity index (χ3v) is 8.18. The molecule has 0 radical (unpaired) electrons. The largest absolute Gasteiger partial charge is 0.385 e. The molecule has 1 unspecified atom stereocenters. The van der Waals surface area contributed by atoms with Crippen molar-refractivity contribution in [3.05, 3.63) is 48.3 Å². The number of ether oxygens (including phenoxy) is 1. The van der Waals surface area contributed by atoms with Gasteiger partial charge >= 0.3 is 0 Å². The lowest BCUT2D eigenvalue weighted by Gasteiger charge is -2.21. The third kappa shape index (κ3) is 4.65. The van der Waals surface area contributed by atoms with Crippen LogP contribution in [0.1, 0.15) is 37.3 Å². The highest BCUT2D eigenvalue weighted by Gasteiger charge is 2.27. The molecule has 3 aromatic rings. The Morgan fingerprint density at radius 1 is 1.23 bits per heavy atom. The summed E-state index contributed by atoms with van der Waals surface area (Å²) in [6.45, 7) is 1.64. The second-order valence-corrected chi connectivity index (χ2v) is 10.2. The highest BCUT2D eigenvalue weighted by Crippen LogP contribution is 2.46. The summed E-state index contributed by atoms with van der Waals surface area (Å²) >= 11 is 0. The lowest BCUT2D eigenvalue weighted by atomic mass is 10.2. The lowest BCUT2D eigenvalue weighted by Crippen LogP contribution is -2.06. The van der Waals surface area contributed by atoms with Gasteiger partial charge in [0.1, 0.15) is 5.82 Å². The molecule has 2 N–H and O–H groups in total. The van der Waals surface area contributed by atoms with Crippen LogP contribution in [0, 0.1) is 0 Å². The van der Waals surface area contributed by atoms with Gasteiger partial charge in [-0.3, -0.25) is 10.1 Å². The number of nitrogens with zero attached hydrogens (tertiary/aromatic N) is 4. The Morgan fingerprint density at radius 2 is 2.10 bits per heavy atom. The number of thiol groups is 1. The topological polar surface area (TPSA) is 88.1 Å². The normalized spacial score (nSPS) is 19.4. The number of hydrogen-bond acceptors (Lipinski definition) is 6. The maximum absolute atomic E-state index is 5.24. The van der Waals surface area contributed by atoms with Gasteiger partial charge in [0.2, 0.25) is 0 Å². The Bertz CT molecular complexity index is 1060. The van der Waals surface area contributed by atoms with Crippen molar-refractivity contribution in [1.82, 2.24) is 20.2 Å². The number of aromatic nitrogens is 4. The Balaban J connectivity index is 1.46. The first-order chi connectivity index (χ1) is 15.3. The summed E-state index contributed by atoms with van der Waals surface area (Å²) in [5, 5.41) is 12.4. The molecule has 1 atom stereocenters. The number of aromatic amines is 1. The van der Waals surface area contributed by atoms with Gasteiger partial charge in [-0.25, -0.2) is 9.97 Å². The Hall–Kier alpha value is -2.71. The molecule has 31 heavy (non-hydrogen) atoms. The van der Waals surface area contributed by atoms with Gasteiger partial charge in [-0.2, -0.15) is 16.0 Å². The van der Waals surface area contributed by atoms with Gasteiger partial charge in [0, 0.05) is 55.5 Å². The summed E-state index contributed by atoms with van der Waals surface area (Å²) in [6, 6.07) is 12.2. The molecule has 2 aliphatic rings.